The molecule has 0 bridgehead atoms. The van der Waals surface area contributed by atoms with Crippen LogP contribution in [-0.2, 0) is 14.8 Å². The molecule has 0 unspecified atom stereocenters. The SMILES string of the molecule is N#Cc1cccc(S(=O)(=O)Nc2ncccc2N2CCOCC2)c1. The lowest BCUT2D eigenvalue weighted by Crippen LogP contribution is -2.37. The minimum atomic E-state index is -3.83. The lowest BCUT2D eigenvalue weighted by Gasteiger charge is -2.30. The molecule has 2 aromatic rings. The normalized spacial score (nSPS) is 14.9. The van der Waals surface area contributed by atoms with Gasteiger partial charge >= 0.3 is 0 Å². The maximum atomic E-state index is 12.6. The number of sulfonamides is 1. The van der Waals surface area contributed by atoms with Crippen LogP contribution in [0.25, 0.3) is 0 Å². The fourth-order valence-electron chi connectivity index (χ4n) is 2.45. The van der Waals surface area contributed by atoms with Gasteiger partial charge in [-0.1, -0.05) is 6.07 Å². The molecule has 1 fully saturated rings. The summed E-state index contributed by atoms with van der Waals surface area (Å²) in [6, 6.07) is 11.4. The number of nitrogens with one attached hydrogen (secondary N) is 1. The molecular formula is C16H16N4O3S. The number of hydrogen-bond donors (Lipinski definition) is 1. The Morgan fingerprint density at radius 3 is 2.75 bits per heavy atom. The van der Waals surface area contributed by atoms with Crippen LogP contribution in [0.2, 0.25) is 0 Å². The van der Waals surface area contributed by atoms with Gasteiger partial charge in [-0.25, -0.2) is 13.4 Å². The van der Waals surface area contributed by atoms with Crippen LogP contribution in [0.3, 0.4) is 0 Å². The van der Waals surface area contributed by atoms with Crippen LogP contribution < -0.4 is 9.62 Å². The fourth-order valence-corrected chi connectivity index (χ4v) is 3.52. The van der Waals surface area contributed by atoms with Crippen LogP contribution in [0.1, 0.15) is 5.56 Å². The first-order valence-electron chi connectivity index (χ1n) is 7.41. The second kappa shape index (κ2) is 6.86. The van der Waals surface area contributed by atoms with Crippen LogP contribution in [0.4, 0.5) is 11.5 Å². The number of aromatic nitrogens is 1. The summed E-state index contributed by atoms with van der Waals surface area (Å²) in [5.41, 5.74) is 0.994. The van der Waals surface area contributed by atoms with Crippen molar-refractivity contribution in [3.63, 3.8) is 0 Å². The van der Waals surface area contributed by atoms with Crippen molar-refractivity contribution in [1.29, 1.82) is 5.26 Å². The summed E-state index contributed by atoms with van der Waals surface area (Å²) in [7, 11) is -3.83. The molecule has 24 heavy (non-hydrogen) atoms. The van der Waals surface area contributed by atoms with Crippen molar-refractivity contribution in [3.8, 4) is 6.07 Å². The fraction of sp³-hybridized carbons (Fsp3) is 0.250. The van der Waals surface area contributed by atoms with Gasteiger partial charge in [0.05, 0.1) is 35.4 Å². The number of nitrogens with zero attached hydrogens (tertiary/aromatic N) is 3. The van der Waals surface area contributed by atoms with E-state index >= 15 is 0 Å². The van der Waals surface area contributed by atoms with Crippen molar-refractivity contribution in [2.45, 2.75) is 4.90 Å². The average molecular weight is 344 g/mol. The highest BCUT2D eigenvalue weighted by Gasteiger charge is 2.20. The Morgan fingerprint density at radius 2 is 2.00 bits per heavy atom. The number of benzene rings is 1. The van der Waals surface area contributed by atoms with Gasteiger partial charge in [0.2, 0.25) is 0 Å². The Hall–Kier alpha value is -2.63. The monoisotopic (exact) mass is 344 g/mol. The second-order valence-corrected chi connectivity index (χ2v) is 6.90. The Kier molecular flexibility index (Phi) is 4.64. The van der Waals surface area contributed by atoms with Gasteiger partial charge in [-0.2, -0.15) is 5.26 Å². The van der Waals surface area contributed by atoms with Gasteiger partial charge in [0.15, 0.2) is 5.82 Å². The van der Waals surface area contributed by atoms with Gasteiger partial charge in [0.1, 0.15) is 0 Å². The van der Waals surface area contributed by atoms with Gasteiger partial charge in [-0.3, -0.25) is 4.72 Å². The van der Waals surface area contributed by atoms with E-state index in [1.165, 1.54) is 24.4 Å². The van der Waals surface area contributed by atoms with E-state index in [1.54, 1.807) is 12.1 Å². The lowest BCUT2D eigenvalue weighted by atomic mass is 10.2. The molecule has 7 nitrogen and oxygen atoms in total. The number of anilines is 2. The van der Waals surface area contributed by atoms with E-state index in [1.807, 2.05) is 17.0 Å². The molecule has 1 aromatic heterocycles. The van der Waals surface area contributed by atoms with E-state index in [2.05, 4.69) is 9.71 Å². The molecule has 0 amide bonds. The maximum absolute atomic E-state index is 12.6. The molecule has 2 heterocycles. The summed E-state index contributed by atoms with van der Waals surface area (Å²) in [5, 5.41) is 8.94. The van der Waals surface area contributed by atoms with Crippen molar-refractivity contribution >= 4 is 21.5 Å². The van der Waals surface area contributed by atoms with Gasteiger partial charge in [-0.15, -0.1) is 0 Å². The van der Waals surface area contributed by atoms with Gasteiger partial charge < -0.3 is 9.64 Å². The molecule has 8 heteroatoms. The van der Waals surface area contributed by atoms with Crippen molar-refractivity contribution in [2.75, 3.05) is 35.9 Å². The zero-order valence-electron chi connectivity index (χ0n) is 12.8. The molecule has 0 atom stereocenters. The van der Waals surface area contributed by atoms with Gasteiger partial charge in [0, 0.05) is 19.3 Å². The minimum Gasteiger partial charge on any atom is -0.378 e. The zero-order valence-corrected chi connectivity index (χ0v) is 13.7. The Bertz CT molecular complexity index is 871. The molecule has 1 aliphatic rings. The molecule has 3 rings (SSSR count). The topological polar surface area (TPSA) is 95.3 Å². The third-order valence-corrected chi connectivity index (χ3v) is 4.98. The predicted octanol–water partition coefficient (Wildman–Crippen LogP) is 1.59. The number of hydrogen-bond acceptors (Lipinski definition) is 6. The summed E-state index contributed by atoms with van der Waals surface area (Å²) in [5.74, 6) is 0.266. The number of morpholine rings is 1. The van der Waals surface area contributed by atoms with E-state index in [4.69, 9.17) is 10.00 Å². The molecule has 0 aliphatic carbocycles. The van der Waals surface area contributed by atoms with E-state index in [9.17, 15) is 8.42 Å². The van der Waals surface area contributed by atoms with Gasteiger partial charge in [-0.05, 0) is 30.3 Å². The smallest absolute Gasteiger partial charge is 0.263 e. The summed E-state index contributed by atoms with van der Waals surface area (Å²) < 4.78 is 33.0. The highest BCUT2D eigenvalue weighted by molar-refractivity contribution is 7.92. The molecule has 1 saturated heterocycles. The third-order valence-electron chi connectivity index (χ3n) is 3.64. The van der Waals surface area contributed by atoms with Crippen LogP contribution in [0.5, 0.6) is 0 Å². The quantitative estimate of drug-likeness (QED) is 0.905. The number of ether oxygens (including phenoxy) is 1. The summed E-state index contributed by atoms with van der Waals surface area (Å²) >= 11 is 0. The van der Waals surface area contributed by atoms with Crippen LogP contribution in [0, 0.1) is 11.3 Å². The molecule has 1 N–H and O–H groups in total. The number of rotatable bonds is 4. The first-order chi connectivity index (χ1) is 11.6. The van der Waals surface area contributed by atoms with Crippen molar-refractivity contribution < 1.29 is 13.2 Å². The van der Waals surface area contributed by atoms with Crippen molar-refractivity contribution in [3.05, 3.63) is 48.2 Å². The van der Waals surface area contributed by atoms with Crippen LogP contribution in [0.15, 0.2) is 47.5 Å². The predicted molar refractivity (Wildman–Crippen MR) is 89.2 cm³/mol. The average Bonchev–Trinajstić information content (AvgIpc) is 2.63. The highest BCUT2D eigenvalue weighted by Crippen LogP contribution is 2.26. The third kappa shape index (κ3) is 3.48. The molecule has 124 valence electrons. The minimum absolute atomic E-state index is 0.0279. The van der Waals surface area contributed by atoms with Gasteiger partial charge in [0.25, 0.3) is 10.0 Å². The van der Waals surface area contributed by atoms with Crippen molar-refractivity contribution in [1.82, 2.24) is 4.98 Å². The standard InChI is InChI=1S/C16H16N4O3S/c17-12-13-3-1-4-14(11-13)24(21,22)19-16-15(5-2-6-18-16)20-7-9-23-10-8-20/h1-6,11H,7-10H2,(H,18,19). The summed E-state index contributed by atoms with van der Waals surface area (Å²) in [6.45, 7) is 2.52. The van der Waals surface area contributed by atoms with E-state index < -0.39 is 10.0 Å². The van der Waals surface area contributed by atoms with Crippen LogP contribution in [-0.4, -0.2) is 39.7 Å². The first-order valence-corrected chi connectivity index (χ1v) is 8.89. The maximum Gasteiger partial charge on any atom is 0.263 e. The molecule has 0 spiro atoms. The van der Waals surface area contributed by atoms with Crippen LogP contribution >= 0.6 is 0 Å². The summed E-state index contributed by atoms with van der Waals surface area (Å²) in [6.07, 6.45) is 1.54. The van der Waals surface area contributed by atoms with E-state index in [0.717, 1.165) is 0 Å². The second-order valence-electron chi connectivity index (χ2n) is 5.22. The number of nitriles is 1. The Balaban J connectivity index is 1.91. The summed E-state index contributed by atoms with van der Waals surface area (Å²) in [4.78, 5) is 6.23. The van der Waals surface area contributed by atoms with Crippen molar-refractivity contribution in [2.24, 2.45) is 0 Å². The van der Waals surface area contributed by atoms with E-state index in [-0.39, 0.29) is 16.3 Å². The first kappa shape index (κ1) is 16.2. The lowest BCUT2D eigenvalue weighted by molar-refractivity contribution is 0.123. The van der Waals surface area contributed by atoms with E-state index in [0.29, 0.717) is 32.0 Å². The number of pyridine rings is 1. The molecule has 0 saturated carbocycles. The molecular weight excluding hydrogens is 328 g/mol. The molecule has 1 aromatic carbocycles. The Morgan fingerprint density at radius 1 is 1.21 bits per heavy atom. The highest BCUT2D eigenvalue weighted by atomic mass is 32.2. The Labute approximate surface area is 140 Å². The largest absolute Gasteiger partial charge is 0.378 e. The zero-order chi connectivity index (χ0) is 17.0. The molecule has 1 aliphatic heterocycles. The molecule has 0 radical (unpaired) electrons.